The van der Waals surface area contributed by atoms with Crippen LogP contribution < -0.4 is 10.6 Å². The van der Waals surface area contributed by atoms with Crippen LogP contribution in [0.25, 0.3) is 0 Å². The Morgan fingerprint density at radius 2 is 1.88 bits per heavy atom. The zero-order valence-corrected chi connectivity index (χ0v) is 16.2. The molecule has 0 aliphatic carbocycles. The van der Waals surface area contributed by atoms with Crippen molar-refractivity contribution in [2.45, 2.75) is 57.7 Å². The number of amides is 1. The zero-order valence-electron chi connectivity index (χ0n) is 15.4. The van der Waals surface area contributed by atoms with Gasteiger partial charge in [0.25, 0.3) is 0 Å². The predicted octanol–water partition coefficient (Wildman–Crippen LogP) is 3.14. The van der Waals surface area contributed by atoms with Crippen molar-refractivity contribution < 1.29 is 4.79 Å². The summed E-state index contributed by atoms with van der Waals surface area (Å²) in [6.07, 6.45) is 4.06. The minimum absolute atomic E-state index is 0. The van der Waals surface area contributed by atoms with Gasteiger partial charge in [-0.2, -0.15) is 0 Å². The highest BCUT2D eigenvalue weighted by Crippen LogP contribution is 2.24. The number of nitrogens with zero attached hydrogens (tertiary/aromatic N) is 1. The van der Waals surface area contributed by atoms with Gasteiger partial charge in [0, 0.05) is 37.1 Å². The number of carbonyl (C=O) groups excluding carboxylic acids is 1. The molecule has 0 radical (unpaired) electrons. The summed E-state index contributed by atoms with van der Waals surface area (Å²) in [4.78, 5) is 15.0. The number of halogens is 1. The summed E-state index contributed by atoms with van der Waals surface area (Å²) >= 11 is 0. The second-order valence-corrected chi connectivity index (χ2v) is 7.48. The van der Waals surface area contributed by atoms with E-state index in [1.807, 2.05) is 0 Å². The van der Waals surface area contributed by atoms with Crippen LogP contribution in [0.4, 0.5) is 0 Å². The number of likely N-dealkylation sites (tertiary alicyclic amines) is 1. The minimum Gasteiger partial charge on any atom is -0.353 e. The molecular formula is C20H32ClN3O. The van der Waals surface area contributed by atoms with E-state index in [0.717, 1.165) is 45.3 Å². The maximum atomic E-state index is 12.5. The standard InChI is InChI=1S/C20H31N3O.ClH/c1-15-14-18(8-11-21-15)20(24)22-19-9-12-23(13-10-19)16(2)17-6-4-3-5-7-17;/h3-7,15-16,18-19,21H,8-14H2,1-2H3,(H,22,24);1H/t15-,16?,18-;/m0./s1. The summed E-state index contributed by atoms with van der Waals surface area (Å²) < 4.78 is 0. The van der Waals surface area contributed by atoms with Crippen LogP contribution in [-0.4, -0.2) is 42.5 Å². The zero-order chi connectivity index (χ0) is 16.9. The summed E-state index contributed by atoms with van der Waals surface area (Å²) in [6.45, 7) is 7.53. The molecule has 0 saturated carbocycles. The topological polar surface area (TPSA) is 44.4 Å². The Hall–Kier alpha value is -1.10. The van der Waals surface area contributed by atoms with Crippen molar-refractivity contribution in [1.82, 2.24) is 15.5 Å². The van der Waals surface area contributed by atoms with Gasteiger partial charge in [0.1, 0.15) is 0 Å². The molecule has 1 unspecified atom stereocenters. The van der Waals surface area contributed by atoms with Crippen molar-refractivity contribution in [1.29, 1.82) is 0 Å². The van der Waals surface area contributed by atoms with Crippen LogP contribution in [-0.2, 0) is 4.79 Å². The Morgan fingerprint density at radius 3 is 2.52 bits per heavy atom. The molecule has 2 aliphatic heterocycles. The maximum Gasteiger partial charge on any atom is 0.223 e. The van der Waals surface area contributed by atoms with Crippen molar-refractivity contribution in [3.05, 3.63) is 35.9 Å². The third kappa shape index (κ3) is 5.44. The van der Waals surface area contributed by atoms with Gasteiger partial charge in [0.2, 0.25) is 5.91 Å². The van der Waals surface area contributed by atoms with Crippen LogP contribution in [0.15, 0.2) is 30.3 Å². The number of carbonyl (C=O) groups is 1. The highest BCUT2D eigenvalue weighted by molar-refractivity contribution is 5.85. The Morgan fingerprint density at radius 1 is 1.20 bits per heavy atom. The number of piperidine rings is 2. The van der Waals surface area contributed by atoms with Gasteiger partial charge in [-0.25, -0.2) is 0 Å². The quantitative estimate of drug-likeness (QED) is 0.861. The van der Waals surface area contributed by atoms with Crippen molar-refractivity contribution >= 4 is 18.3 Å². The summed E-state index contributed by atoms with van der Waals surface area (Å²) in [5.74, 6) is 0.473. The Labute approximate surface area is 158 Å². The molecule has 0 bridgehead atoms. The highest BCUT2D eigenvalue weighted by atomic mass is 35.5. The fourth-order valence-electron chi connectivity index (χ4n) is 4.06. The first-order valence-electron chi connectivity index (χ1n) is 9.46. The summed E-state index contributed by atoms with van der Waals surface area (Å²) in [7, 11) is 0. The average Bonchev–Trinajstić information content (AvgIpc) is 2.62. The molecular weight excluding hydrogens is 334 g/mol. The van der Waals surface area contributed by atoms with Crippen LogP contribution in [0.3, 0.4) is 0 Å². The van der Waals surface area contributed by atoms with E-state index in [2.05, 4.69) is 59.7 Å². The molecule has 0 spiro atoms. The van der Waals surface area contributed by atoms with Gasteiger partial charge in [-0.15, -0.1) is 12.4 Å². The monoisotopic (exact) mass is 365 g/mol. The lowest BCUT2D eigenvalue weighted by atomic mass is 9.91. The third-order valence-electron chi connectivity index (χ3n) is 5.70. The van der Waals surface area contributed by atoms with E-state index in [-0.39, 0.29) is 24.2 Å². The molecule has 2 saturated heterocycles. The van der Waals surface area contributed by atoms with Crippen LogP contribution in [0.2, 0.25) is 0 Å². The molecule has 1 amide bonds. The number of benzene rings is 1. The lowest BCUT2D eigenvalue weighted by molar-refractivity contribution is -0.127. The van der Waals surface area contributed by atoms with Gasteiger partial charge in [-0.05, 0) is 51.6 Å². The van der Waals surface area contributed by atoms with Crippen molar-refractivity contribution in [3.63, 3.8) is 0 Å². The molecule has 140 valence electrons. The maximum absolute atomic E-state index is 12.5. The first kappa shape index (κ1) is 20.2. The molecule has 4 nitrogen and oxygen atoms in total. The molecule has 3 atom stereocenters. The fourth-order valence-corrected chi connectivity index (χ4v) is 4.06. The molecule has 2 heterocycles. The molecule has 1 aromatic carbocycles. The number of nitrogens with one attached hydrogen (secondary N) is 2. The molecule has 5 heteroatoms. The largest absolute Gasteiger partial charge is 0.353 e. The highest BCUT2D eigenvalue weighted by Gasteiger charge is 2.28. The normalized spacial score (nSPS) is 26.5. The first-order valence-corrected chi connectivity index (χ1v) is 9.46. The van der Waals surface area contributed by atoms with Crippen LogP contribution >= 0.6 is 12.4 Å². The molecule has 0 aromatic heterocycles. The molecule has 2 aliphatic rings. The second-order valence-electron chi connectivity index (χ2n) is 7.48. The first-order chi connectivity index (χ1) is 11.6. The number of hydrogen-bond donors (Lipinski definition) is 2. The van der Waals surface area contributed by atoms with Crippen LogP contribution in [0.5, 0.6) is 0 Å². The van der Waals surface area contributed by atoms with Crippen LogP contribution in [0.1, 0.15) is 51.1 Å². The minimum atomic E-state index is 0. The molecule has 3 rings (SSSR count). The van der Waals surface area contributed by atoms with Crippen molar-refractivity contribution in [2.24, 2.45) is 5.92 Å². The molecule has 25 heavy (non-hydrogen) atoms. The van der Waals surface area contributed by atoms with Gasteiger partial charge in [-0.3, -0.25) is 9.69 Å². The van der Waals surface area contributed by atoms with Gasteiger partial charge in [0.15, 0.2) is 0 Å². The van der Waals surface area contributed by atoms with E-state index < -0.39 is 0 Å². The van der Waals surface area contributed by atoms with E-state index in [4.69, 9.17) is 0 Å². The SMILES string of the molecule is CC(c1ccccc1)N1CCC(NC(=O)[C@H]2CCN[C@@H](C)C2)CC1.Cl. The predicted molar refractivity (Wildman–Crippen MR) is 105 cm³/mol. The van der Waals surface area contributed by atoms with Gasteiger partial charge in [0.05, 0.1) is 0 Å². The smallest absolute Gasteiger partial charge is 0.223 e. The third-order valence-corrected chi connectivity index (χ3v) is 5.70. The molecule has 2 N–H and O–H groups in total. The number of hydrogen-bond acceptors (Lipinski definition) is 3. The van der Waals surface area contributed by atoms with E-state index in [0.29, 0.717) is 18.1 Å². The Balaban J connectivity index is 0.00000225. The molecule has 2 fully saturated rings. The lowest BCUT2D eigenvalue weighted by Crippen LogP contribution is -2.49. The molecule has 1 aromatic rings. The van der Waals surface area contributed by atoms with E-state index >= 15 is 0 Å². The van der Waals surface area contributed by atoms with E-state index in [9.17, 15) is 4.79 Å². The number of rotatable bonds is 4. The van der Waals surface area contributed by atoms with E-state index in [1.54, 1.807) is 0 Å². The van der Waals surface area contributed by atoms with Gasteiger partial charge >= 0.3 is 0 Å². The van der Waals surface area contributed by atoms with Gasteiger partial charge in [-0.1, -0.05) is 30.3 Å². The summed E-state index contributed by atoms with van der Waals surface area (Å²) in [5, 5.41) is 6.73. The lowest BCUT2D eigenvalue weighted by Gasteiger charge is -2.37. The second kappa shape index (κ2) is 9.56. The van der Waals surface area contributed by atoms with E-state index in [1.165, 1.54) is 5.56 Å². The van der Waals surface area contributed by atoms with Crippen molar-refractivity contribution in [3.8, 4) is 0 Å². The Kier molecular flexibility index (Phi) is 7.73. The van der Waals surface area contributed by atoms with Crippen LogP contribution in [0, 0.1) is 5.92 Å². The summed E-state index contributed by atoms with van der Waals surface area (Å²) in [5.41, 5.74) is 1.38. The van der Waals surface area contributed by atoms with Crippen molar-refractivity contribution in [2.75, 3.05) is 19.6 Å². The summed E-state index contributed by atoms with van der Waals surface area (Å²) in [6, 6.07) is 12.0. The van der Waals surface area contributed by atoms with Gasteiger partial charge < -0.3 is 10.6 Å². The Bertz CT molecular complexity index is 531. The fraction of sp³-hybridized carbons (Fsp3) is 0.650. The average molecular weight is 366 g/mol.